The number of esters is 1. The maximum Gasteiger partial charge on any atom is 0.338 e. The minimum atomic E-state index is -0.858. The molecule has 0 unspecified atom stereocenters. The molecule has 1 atom stereocenters. The average molecular weight is 611 g/mol. The molecule has 7 nitrogen and oxygen atoms in total. The highest BCUT2D eigenvalue weighted by Crippen LogP contribution is 2.37. The second-order valence-corrected chi connectivity index (χ2v) is 10.7. The number of hydrogen-bond donors (Lipinski definition) is 0. The molecular formula is C31H25ClF2N2O5S. The Labute approximate surface area is 248 Å². The Hall–Kier alpha value is -4.28. The molecule has 4 aromatic rings. The molecule has 2 heterocycles. The number of allylic oxidation sites excluding steroid dienone is 1. The number of benzene rings is 3. The van der Waals surface area contributed by atoms with Gasteiger partial charge in [0.2, 0.25) is 0 Å². The van der Waals surface area contributed by atoms with Gasteiger partial charge in [-0.25, -0.2) is 18.6 Å². The second-order valence-electron chi connectivity index (χ2n) is 9.30. The van der Waals surface area contributed by atoms with E-state index in [1.165, 1.54) is 48.1 Å². The van der Waals surface area contributed by atoms with Crippen LogP contribution in [0.1, 0.15) is 36.6 Å². The van der Waals surface area contributed by atoms with Gasteiger partial charge in [0.05, 0.1) is 40.6 Å². The highest BCUT2D eigenvalue weighted by Gasteiger charge is 2.33. The number of aromatic nitrogens is 1. The smallest absolute Gasteiger partial charge is 0.338 e. The summed E-state index contributed by atoms with van der Waals surface area (Å²) < 4.78 is 45.4. The van der Waals surface area contributed by atoms with Gasteiger partial charge in [-0.2, -0.15) is 0 Å². The molecule has 0 saturated carbocycles. The molecular weight excluding hydrogens is 586 g/mol. The van der Waals surface area contributed by atoms with E-state index < -0.39 is 23.4 Å². The SMILES string of the molecule is CCOC(=O)C1=C(C)N=c2s/c(=C\c3cc(Cl)c(OCc4ccc(F)cc4)c(OC)c3)c(=O)n2[C@@H]1c1ccc(F)cc1. The van der Waals surface area contributed by atoms with E-state index in [1.807, 2.05) is 0 Å². The predicted octanol–water partition coefficient (Wildman–Crippen LogP) is 5.32. The van der Waals surface area contributed by atoms with Crippen LogP contribution >= 0.6 is 22.9 Å². The first-order valence-electron chi connectivity index (χ1n) is 12.9. The van der Waals surface area contributed by atoms with E-state index in [1.54, 1.807) is 44.2 Å². The Morgan fingerprint density at radius 2 is 1.76 bits per heavy atom. The maximum atomic E-state index is 13.8. The van der Waals surface area contributed by atoms with Crippen molar-refractivity contribution in [3.8, 4) is 11.5 Å². The number of carbonyl (C=O) groups is 1. The molecule has 1 aromatic heterocycles. The van der Waals surface area contributed by atoms with Crippen molar-refractivity contribution in [2.24, 2.45) is 4.99 Å². The van der Waals surface area contributed by atoms with Gasteiger partial charge in [-0.1, -0.05) is 47.2 Å². The summed E-state index contributed by atoms with van der Waals surface area (Å²) in [6, 6.07) is 14.0. The van der Waals surface area contributed by atoms with Crippen LogP contribution in [0.3, 0.4) is 0 Å². The van der Waals surface area contributed by atoms with Gasteiger partial charge < -0.3 is 14.2 Å². The van der Waals surface area contributed by atoms with Gasteiger partial charge in [0, 0.05) is 0 Å². The average Bonchev–Trinajstić information content (AvgIpc) is 3.26. The standard InChI is InChI=1S/C31H25ClF2N2O5S/c1-4-40-30(38)26-17(2)35-31-36(27(26)20-7-11-22(34)12-8-20)29(37)25(42-31)15-19-13-23(32)28(24(14-19)39-3)41-16-18-5-9-21(33)10-6-18/h5-15,27H,4,16H2,1-3H3/b25-15-/t27-/m1/s1. The van der Waals surface area contributed by atoms with Gasteiger partial charge in [-0.05, 0) is 73.0 Å². The van der Waals surface area contributed by atoms with Crippen molar-refractivity contribution >= 4 is 35.0 Å². The zero-order chi connectivity index (χ0) is 30.0. The topological polar surface area (TPSA) is 79.1 Å². The molecule has 0 saturated heterocycles. The largest absolute Gasteiger partial charge is 0.493 e. The Morgan fingerprint density at radius 3 is 2.40 bits per heavy atom. The molecule has 0 N–H and O–H groups in total. The van der Waals surface area contributed by atoms with Crippen molar-refractivity contribution in [2.75, 3.05) is 13.7 Å². The highest BCUT2D eigenvalue weighted by molar-refractivity contribution is 7.07. The normalized spacial score (nSPS) is 14.8. The molecule has 0 amide bonds. The van der Waals surface area contributed by atoms with Crippen LogP contribution in [0.25, 0.3) is 6.08 Å². The molecule has 0 radical (unpaired) electrons. The number of fused-ring (bicyclic) bond motifs is 1. The molecule has 5 rings (SSSR count). The molecule has 216 valence electrons. The van der Waals surface area contributed by atoms with Crippen LogP contribution in [-0.2, 0) is 16.1 Å². The predicted molar refractivity (Wildman–Crippen MR) is 156 cm³/mol. The number of ether oxygens (including phenoxy) is 3. The number of hydrogen-bond acceptors (Lipinski definition) is 7. The van der Waals surface area contributed by atoms with E-state index in [4.69, 9.17) is 25.8 Å². The van der Waals surface area contributed by atoms with Crippen LogP contribution in [0.4, 0.5) is 8.78 Å². The van der Waals surface area contributed by atoms with Crippen LogP contribution in [0, 0.1) is 11.6 Å². The van der Waals surface area contributed by atoms with Crippen molar-refractivity contribution < 1.29 is 27.8 Å². The number of carbonyl (C=O) groups excluding carboxylic acids is 1. The summed E-state index contributed by atoms with van der Waals surface area (Å²) in [5.74, 6) is -0.753. The lowest BCUT2D eigenvalue weighted by atomic mass is 9.96. The molecule has 1 aliphatic rings. The molecule has 0 bridgehead atoms. The van der Waals surface area contributed by atoms with Gasteiger partial charge in [0.1, 0.15) is 18.2 Å². The van der Waals surface area contributed by atoms with E-state index in [9.17, 15) is 18.4 Å². The zero-order valence-corrected chi connectivity index (χ0v) is 24.4. The lowest BCUT2D eigenvalue weighted by molar-refractivity contribution is -0.139. The minimum Gasteiger partial charge on any atom is -0.493 e. The lowest BCUT2D eigenvalue weighted by Crippen LogP contribution is -2.39. The van der Waals surface area contributed by atoms with Crippen LogP contribution in [0.5, 0.6) is 11.5 Å². The number of methoxy groups -OCH3 is 1. The first-order chi connectivity index (χ1) is 20.2. The molecule has 42 heavy (non-hydrogen) atoms. The van der Waals surface area contributed by atoms with E-state index in [0.29, 0.717) is 37.7 Å². The fourth-order valence-corrected chi connectivity index (χ4v) is 5.92. The third kappa shape index (κ3) is 5.86. The quantitative estimate of drug-likeness (QED) is 0.253. The molecule has 0 fully saturated rings. The highest BCUT2D eigenvalue weighted by atomic mass is 35.5. The van der Waals surface area contributed by atoms with Crippen molar-refractivity contribution in [2.45, 2.75) is 26.5 Å². The van der Waals surface area contributed by atoms with Gasteiger partial charge in [0.15, 0.2) is 16.3 Å². The van der Waals surface area contributed by atoms with Gasteiger partial charge in [0.25, 0.3) is 5.56 Å². The third-order valence-electron chi connectivity index (χ3n) is 6.55. The summed E-state index contributed by atoms with van der Waals surface area (Å²) in [6.07, 6.45) is 1.65. The van der Waals surface area contributed by atoms with Crippen LogP contribution in [-0.4, -0.2) is 24.3 Å². The van der Waals surface area contributed by atoms with Crippen LogP contribution in [0.15, 0.2) is 81.7 Å². The Balaban J connectivity index is 1.56. The van der Waals surface area contributed by atoms with E-state index in [0.717, 1.165) is 16.9 Å². The first kappa shape index (κ1) is 29.2. The zero-order valence-electron chi connectivity index (χ0n) is 22.8. The van der Waals surface area contributed by atoms with Crippen molar-refractivity contribution in [1.82, 2.24) is 4.57 Å². The van der Waals surface area contributed by atoms with Crippen molar-refractivity contribution in [3.63, 3.8) is 0 Å². The Kier molecular flexibility index (Phi) is 8.56. The number of rotatable bonds is 8. The van der Waals surface area contributed by atoms with Gasteiger partial charge >= 0.3 is 5.97 Å². The maximum absolute atomic E-state index is 13.8. The van der Waals surface area contributed by atoms with E-state index in [2.05, 4.69) is 4.99 Å². The summed E-state index contributed by atoms with van der Waals surface area (Å²) in [6.45, 7) is 3.64. The minimum absolute atomic E-state index is 0.139. The Bertz CT molecular complexity index is 1870. The van der Waals surface area contributed by atoms with E-state index in [-0.39, 0.29) is 29.6 Å². The summed E-state index contributed by atoms with van der Waals surface area (Å²) in [5.41, 5.74) is 2.06. The van der Waals surface area contributed by atoms with Gasteiger partial charge in [-0.15, -0.1) is 0 Å². The molecule has 1 aliphatic heterocycles. The first-order valence-corrected chi connectivity index (χ1v) is 14.1. The second kappa shape index (κ2) is 12.3. The number of halogens is 3. The fraction of sp³-hybridized carbons (Fsp3) is 0.194. The molecule has 0 spiro atoms. The summed E-state index contributed by atoms with van der Waals surface area (Å²) in [7, 11) is 1.47. The molecule has 11 heteroatoms. The molecule has 3 aromatic carbocycles. The fourth-order valence-electron chi connectivity index (χ4n) is 4.60. The van der Waals surface area contributed by atoms with Crippen molar-refractivity contribution in [1.29, 1.82) is 0 Å². The van der Waals surface area contributed by atoms with Crippen LogP contribution in [0.2, 0.25) is 5.02 Å². The number of thiazole rings is 1. The summed E-state index contributed by atoms with van der Waals surface area (Å²) in [4.78, 5) is 31.7. The Morgan fingerprint density at radius 1 is 1.10 bits per heavy atom. The van der Waals surface area contributed by atoms with Gasteiger partial charge in [-0.3, -0.25) is 9.36 Å². The van der Waals surface area contributed by atoms with Crippen molar-refractivity contribution in [3.05, 3.63) is 125 Å². The molecule has 0 aliphatic carbocycles. The van der Waals surface area contributed by atoms with E-state index >= 15 is 0 Å². The monoisotopic (exact) mass is 610 g/mol. The summed E-state index contributed by atoms with van der Waals surface area (Å²) in [5, 5.41) is 0.250. The van der Waals surface area contributed by atoms with Crippen LogP contribution < -0.4 is 24.4 Å². The number of nitrogens with zero attached hydrogens (tertiary/aromatic N) is 2. The third-order valence-corrected chi connectivity index (χ3v) is 7.81. The lowest BCUT2D eigenvalue weighted by Gasteiger charge is -2.24. The summed E-state index contributed by atoms with van der Waals surface area (Å²) >= 11 is 7.70.